The van der Waals surface area contributed by atoms with Gasteiger partial charge in [0.15, 0.2) is 5.76 Å². The molecule has 0 spiro atoms. The van der Waals surface area contributed by atoms with Crippen molar-refractivity contribution >= 4 is 11.8 Å². The fraction of sp³-hybridized carbons (Fsp3) is 0.647. The van der Waals surface area contributed by atoms with Crippen molar-refractivity contribution < 1.29 is 14.0 Å². The summed E-state index contributed by atoms with van der Waals surface area (Å²) in [5.41, 5.74) is -0.0342. The Morgan fingerprint density at radius 3 is 2.61 bits per heavy atom. The van der Waals surface area contributed by atoms with Gasteiger partial charge in [-0.05, 0) is 51.9 Å². The van der Waals surface area contributed by atoms with Gasteiger partial charge in [0.1, 0.15) is 0 Å². The van der Waals surface area contributed by atoms with E-state index >= 15 is 0 Å². The molecule has 128 valence electrons. The first-order valence-electron chi connectivity index (χ1n) is 8.32. The fourth-order valence-corrected chi connectivity index (χ4v) is 2.80. The Balaban J connectivity index is 1.65. The van der Waals surface area contributed by atoms with E-state index in [1.807, 2.05) is 0 Å². The Kier molecular flexibility index (Phi) is 6.21. The lowest BCUT2D eigenvalue weighted by molar-refractivity contribution is -0.121. The van der Waals surface area contributed by atoms with Crippen LogP contribution in [0.3, 0.4) is 0 Å². The third-order valence-corrected chi connectivity index (χ3v) is 4.31. The molecule has 6 heteroatoms. The largest absolute Gasteiger partial charge is 0.459 e. The predicted octanol–water partition coefficient (Wildman–Crippen LogP) is 1.78. The average molecular weight is 321 g/mol. The molecule has 1 saturated heterocycles. The molecule has 1 aromatic heterocycles. The summed E-state index contributed by atoms with van der Waals surface area (Å²) in [6, 6.07) is 3.25. The lowest BCUT2D eigenvalue weighted by Crippen LogP contribution is -2.53. The minimum Gasteiger partial charge on any atom is -0.459 e. The molecule has 2 N–H and O–H groups in total. The molecule has 0 unspecified atom stereocenters. The van der Waals surface area contributed by atoms with Crippen molar-refractivity contribution in [2.45, 2.75) is 45.1 Å². The van der Waals surface area contributed by atoms with Crippen LogP contribution >= 0.6 is 0 Å². The maximum Gasteiger partial charge on any atom is 0.286 e. The van der Waals surface area contributed by atoms with Crippen LogP contribution in [0, 0.1) is 0 Å². The number of amides is 2. The van der Waals surface area contributed by atoms with Crippen molar-refractivity contribution in [3.8, 4) is 0 Å². The zero-order valence-corrected chi connectivity index (χ0v) is 14.1. The van der Waals surface area contributed by atoms with Gasteiger partial charge in [-0.1, -0.05) is 6.42 Å². The highest BCUT2D eigenvalue weighted by atomic mass is 16.3. The molecular formula is C17H27N3O3. The highest BCUT2D eigenvalue weighted by Crippen LogP contribution is 2.19. The van der Waals surface area contributed by atoms with Gasteiger partial charge in [0.2, 0.25) is 5.91 Å². The summed E-state index contributed by atoms with van der Waals surface area (Å²) in [5, 5.41) is 5.65. The Morgan fingerprint density at radius 1 is 1.22 bits per heavy atom. The van der Waals surface area contributed by atoms with E-state index in [-0.39, 0.29) is 29.5 Å². The summed E-state index contributed by atoms with van der Waals surface area (Å²) < 4.78 is 4.99. The van der Waals surface area contributed by atoms with E-state index in [9.17, 15) is 9.59 Å². The van der Waals surface area contributed by atoms with Crippen LogP contribution in [0.25, 0.3) is 0 Å². The smallest absolute Gasteiger partial charge is 0.286 e. The quantitative estimate of drug-likeness (QED) is 0.803. The van der Waals surface area contributed by atoms with Crippen LogP contribution in [-0.2, 0) is 4.79 Å². The first kappa shape index (κ1) is 17.5. The second-order valence-electron chi connectivity index (χ2n) is 6.62. The third kappa shape index (κ3) is 5.39. The molecule has 1 aliphatic rings. The number of carbonyl (C=O) groups excluding carboxylic acids is 2. The topological polar surface area (TPSA) is 74.6 Å². The van der Waals surface area contributed by atoms with Crippen molar-refractivity contribution in [2.75, 3.05) is 26.2 Å². The zero-order valence-electron chi connectivity index (χ0n) is 14.1. The number of rotatable bonds is 7. The van der Waals surface area contributed by atoms with E-state index in [4.69, 9.17) is 4.42 Å². The van der Waals surface area contributed by atoms with Gasteiger partial charge < -0.3 is 15.1 Å². The van der Waals surface area contributed by atoms with Crippen molar-refractivity contribution in [1.82, 2.24) is 15.5 Å². The highest BCUT2D eigenvalue weighted by Gasteiger charge is 2.28. The summed E-state index contributed by atoms with van der Waals surface area (Å²) in [6.45, 7) is 7.45. The molecule has 2 heterocycles. The number of carbonyl (C=O) groups is 2. The van der Waals surface area contributed by atoms with Crippen molar-refractivity contribution in [3.05, 3.63) is 24.2 Å². The number of hydrogen-bond acceptors (Lipinski definition) is 4. The second kappa shape index (κ2) is 8.15. The maximum absolute atomic E-state index is 11.9. The standard InChI is InChI=1S/C17H27N3O3/c1-17(2,20-10-4-3-5-11-20)13-19-15(21)8-9-18-16(22)14-7-6-12-23-14/h6-7,12H,3-5,8-11,13H2,1-2H3,(H,18,22)(H,19,21). The molecule has 2 amide bonds. The molecule has 0 radical (unpaired) electrons. The van der Waals surface area contributed by atoms with Crippen molar-refractivity contribution in [2.24, 2.45) is 0 Å². The van der Waals surface area contributed by atoms with Gasteiger partial charge in [-0.2, -0.15) is 0 Å². The number of piperidine rings is 1. The van der Waals surface area contributed by atoms with Gasteiger partial charge in [0, 0.05) is 25.0 Å². The Bertz CT molecular complexity index is 505. The van der Waals surface area contributed by atoms with Crippen molar-refractivity contribution in [1.29, 1.82) is 0 Å². The summed E-state index contributed by atoms with van der Waals surface area (Å²) in [6.07, 6.45) is 5.48. The third-order valence-electron chi connectivity index (χ3n) is 4.31. The molecule has 0 aliphatic carbocycles. The summed E-state index contributed by atoms with van der Waals surface area (Å²) in [7, 11) is 0. The van der Waals surface area contributed by atoms with Crippen molar-refractivity contribution in [3.63, 3.8) is 0 Å². The molecule has 0 saturated carbocycles. The molecule has 2 rings (SSSR count). The van der Waals surface area contributed by atoms with Gasteiger partial charge in [-0.15, -0.1) is 0 Å². The molecular weight excluding hydrogens is 294 g/mol. The molecule has 6 nitrogen and oxygen atoms in total. The second-order valence-corrected chi connectivity index (χ2v) is 6.62. The first-order chi connectivity index (χ1) is 11.0. The number of likely N-dealkylation sites (tertiary alicyclic amines) is 1. The van der Waals surface area contributed by atoms with E-state index in [1.54, 1.807) is 12.1 Å². The van der Waals surface area contributed by atoms with E-state index in [0.717, 1.165) is 13.1 Å². The predicted molar refractivity (Wildman–Crippen MR) is 88.2 cm³/mol. The Hall–Kier alpha value is -1.82. The molecule has 1 aromatic rings. The lowest BCUT2D eigenvalue weighted by atomic mass is 9.98. The van der Waals surface area contributed by atoms with E-state index in [0.29, 0.717) is 13.1 Å². The maximum atomic E-state index is 11.9. The number of hydrogen-bond donors (Lipinski definition) is 2. The molecule has 0 aromatic carbocycles. The van der Waals surface area contributed by atoms with Gasteiger partial charge in [-0.3, -0.25) is 14.5 Å². The molecule has 0 atom stereocenters. The van der Waals surface area contributed by atoms with Crippen LogP contribution in [0.1, 0.15) is 50.1 Å². The SMILES string of the molecule is CC(C)(CNC(=O)CCNC(=O)c1ccco1)N1CCCCC1. The van der Waals surface area contributed by atoms with E-state index < -0.39 is 0 Å². The van der Waals surface area contributed by atoms with Crippen LogP contribution in [0.4, 0.5) is 0 Å². The average Bonchev–Trinajstić information content (AvgIpc) is 3.08. The minimum absolute atomic E-state index is 0.0342. The van der Waals surface area contributed by atoms with E-state index in [1.165, 1.54) is 25.5 Å². The normalized spacial score (nSPS) is 16.1. The summed E-state index contributed by atoms with van der Waals surface area (Å²) in [5.74, 6) is -0.0806. The van der Waals surface area contributed by atoms with Crippen LogP contribution in [-0.4, -0.2) is 48.4 Å². The summed E-state index contributed by atoms with van der Waals surface area (Å²) >= 11 is 0. The fourth-order valence-electron chi connectivity index (χ4n) is 2.80. The van der Waals surface area contributed by atoms with E-state index in [2.05, 4.69) is 29.4 Å². The monoisotopic (exact) mass is 321 g/mol. The lowest BCUT2D eigenvalue weighted by Gasteiger charge is -2.41. The molecule has 0 bridgehead atoms. The van der Waals surface area contributed by atoms with Crippen LogP contribution in [0.2, 0.25) is 0 Å². The minimum atomic E-state index is -0.295. The zero-order chi connectivity index (χ0) is 16.7. The number of nitrogens with zero attached hydrogens (tertiary/aromatic N) is 1. The van der Waals surface area contributed by atoms with Crippen LogP contribution in [0.5, 0.6) is 0 Å². The number of furan rings is 1. The van der Waals surface area contributed by atoms with Crippen LogP contribution in [0.15, 0.2) is 22.8 Å². The van der Waals surface area contributed by atoms with Gasteiger partial charge in [0.05, 0.1) is 6.26 Å². The van der Waals surface area contributed by atoms with Gasteiger partial charge >= 0.3 is 0 Å². The molecule has 23 heavy (non-hydrogen) atoms. The highest BCUT2D eigenvalue weighted by molar-refractivity contribution is 5.91. The number of nitrogens with one attached hydrogen (secondary N) is 2. The summed E-state index contributed by atoms with van der Waals surface area (Å²) in [4.78, 5) is 26.0. The first-order valence-corrected chi connectivity index (χ1v) is 8.32. The Morgan fingerprint density at radius 2 is 1.96 bits per heavy atom. The van der Waals surface area contributed by atoms with Gasteiger partial charge in [-0.25, -0.2) is 0 Å². The Labute approximate surface area is 137 Å². The van der Waals surface area contributed by atoms with Crippen LogP contribution < -0.4 is 10.6 Å². The van der Waals surface area contributed by atoms with Gasteiger partial charge in [0.25, 0.3) is 5.91 Å². The molecule has 1 fully saturated rings. The molecule has 1 aliphatic heterocycles.